The molecule has 0 unspecified atom stereocenters. The molecule has 132 valence electrons. The number of hydrogen-bond donors (Lipinski definition) is 2. The Morgan fingerprint density at radius 3 is 2.96 bits per heavy atom. The highest BCUT2D eigenvalue weighted by atomic mass is 35.5. The number of halogens is 2. The van der Waals surface area contributed by atoms with Crippen LogP contribution in [0.2, 0.25) is 10.4 Å². The van der Waals surface area contributed by atoms with E-state index in [0.717, 1.165) is 29.8 Å². The largest absolute Gasteiger partial charge is 0.363 e. The fourth-order valence-corrected chi connectivity index (χ4v) is 4.12. The minimum atomic E-state index is 0.119. The molecule has 3 aromatic rings. The van der Waals surface area contributed by atoms with Crippen molar-refractivity contribution in [2.24, 2.45) is 11.7 Å². The van der Waals surface area contributed by atoms with Crippen LogP contribution in [0.5, 0.6) is 0 Å². The van der Waals surface area contributed by atoms with Crippen molar-refractivity contribution < 1.29 is 0 Å². The van der Waals surface area contributed by atoms with Crippen molar-refractivity contribution in [3.05, 3.63) is 44.5 Å². The Hall–Kier alpha value is -1.34. The summed E-state index contributed by atoms with van der Waals surface area (Å²) in [6.07, 6.45) is 4.40. The Bertz CT molecular complexity index is 873. The van der Waals surface area contributed by atoms with E-state index in [1.165, 1.54) is 17.7 Å². The smallest absolute Gasteiger partial charge is 0.243 e. The maximum atomic E-state index is 6.53. The summed E-state index contributed by atoms with van der Waals surface area (Å²) in [5, 5.41) is 10.3. The van der Waals surface area contributed by atoms with Gasteiger partial charge in [0.05, 0.1) is 6.54 Å². The van der Waals surface area contributed by atoms with Gasteiger partial charge in [-0.3, -0.25) is 0 Å². The van der Waals surface area contributed by atoms with Gasteiger partial charge >= 0.3 is 0 Å². The quantitative estimate of drug-likeness (QED) is 0.622. The number of rotatable bonds is 7. The Morgan fingerprint density at radius 2 is 2.24 bits per heavy atom. The molecule has 1 atom stereocenters. The summed E-state index contributed by atoms with van der Waals surface area (Å²) in [5.74, 6) is 1.47. The van der Waals surface area contributed by atoms with Crippen LogP contribution in [0.1, 0.15) is 29.7 Å². The van der Waals surface area contributed by atoms with Crippen molar-refractivity contribution in [1.82, 2.24) is 14.6 Å². The molecule has 4 rings (SSSR count). The number of fused-ring (bicyclic) bond motifs is 1. The van der Waals surface area contributed by atoms with Crippen molar-refractivity contribution in [2.75, 3.05) is 5.32 Å². The van der Waals surface area contributed by atoms with E-state index in [1.807, 2.05) is 17.5 Å². The number of anilines is 1. The highest BCUT2D eigenvalue weighted by molar-refractivity contribution is 7.09. The summed E-state index contributed by atoms with van der Waals surface area (Å²) >= 11 is 14.3. The molecule has 1 saturated carbocycles. The van der Waals surface area contributed by atoms with Crippen LogP contribution in [-0.2, 0) is 13.0 Å². The van der Waals surface area contributed by atoms with Gasteiger partial charge in [-0.1, -0.05) is 30.5 Å². The van der Waals surface area contributed by atoms with Crippen molar-refractivity contribution in [3.8, 4) is 0 Å². The van der Waals surface area contributed by atoms with E-state index < -0.39 is 0 Å². The third-order valence-electron chi connectivity index (χ3n) is 4.44. The molecule has 5 nitrogen and oxygen atoms in total. The molecule has 0 aromatic carbocycles. The minimum absolute atomic E-state index is 0.119. The highest BCUT2D eigenvalue weighted by Crippen LogP contribution is 2.34. The Morgan fingerprint density at radius 1 is 1.40 bits per heavy atom. The van der Waals surface area contributed by atoms with Gasteiger partial charge in [-0.15, -0.1) is 16.4 Å². The maximum absolute atomic E-state index is 6.53. The molecule has 3 heterocycles. The van der Waals surface area contributed by atoms with E-state index in [1.54, 1.807) is 15.9 Å². The van der Waals surface area contributed by atoms with E-state index in [4.69, 9.17) is 28.9 Å². The molecule has 0 spiro atoms. The van der Waals surface area contributed by atoms with Crippen LogP contribution in [0.25, 0.3) is 5.52 Å². The lowest BCUT2D eigenvalue weighted by molar-refractivity contribution is 0.566. The van der Waals surface area contributed by atoms with Crippen molar-refractivity contribution in [2.45, 2.75) is 38.3 Å². The molecule has 0 amide bonds. The summed E-state index contributed by atoms with van der Waals surface area (Å²) in [5.41, 5.74) is 8.09. The van der Waals surface area contributed by atoms with Crippen LogP contribution >= 0.6 is 34.5 Å². The molecule has 0 bridgehead atoms. The molecule has 0 saturated heterocycles. The third kappa shape index (κ3) is 3.92. The van der Waals surface area contributed by atoms with Gasteiger partial charge in [-0.25, -0.2) is 4.52 Å². The average Bonchev–Trinajstić information content (AvgIpc) is 3.13. The van der Waals surface area contributed by atoms with E-state index in [2.05, 4.69) is 21.5 Å². The summed E-state index contributed by atoms with van der Waals surface area (Å²) in [6, 6.07) is 6.23. The first-order valence-electron chi connectivity index (χ1n) is 8.35. The second kappa shape index (κ2) is 7.11. The molecule has 1 aliphatic rings. The molecule has 1 aliphatic carbocycles. The zero-order chi connectivity index (χ0) is 17.4. The van der Waals surface area contributed by atoms with Crippen LogP contribution in [0.3, 0.4) is 0 Å². The lowest BCUT2D eigenvalue weighted by atomic mass is 10.0. The number of hydrogen-bond acceptors (Lipinski definition) is 5. The van der Waals surface area contributed by atoms with E-state index in [0.29, 0.717) is 17.5 Å². The minimum Gasteiger partial charge on any atom is -0.363 e. The molecular formula is C17H19Cl2N5S. The zero-order valence-corrected chi connectivity index (χ0v) is 15.9. The topological polar surface area (TPSA) is 68.2 Å². The molecule has 25 heavy (non-hydrogen) atoms. The predicted molar refractivity (Wildman–Crippen MR) is 104 cm³/mol. The Labute approximate surface area is 160 Å². The van der Waals surface area contributed by atoms with E-state index in [-0.39, 0.29) is 11.3 Å². The number of nitrogens with zero attached hydrogens (tertiary/aromatic N) is 3. The van der Waals surface area contributed by atoms with Gasteiger partial charge in [0.1, 0.15) is 10.7 Å². The molecule has 3 N–H and O–H groups in total. The maximum Gasteiger partial charge on any atom is 0.243 e. The molecule has 1 fully saturated rings. The summed E-state index contributed by atoms with van der Waals surface area (Å²) in [4.78, 5) is 5.55. The van der Waals surface area contributed by atoms with Crippen LogP contribution < -0.4 is 11.1 Å². The molecule has 8 heteroatoms. The molecule has 3 aromatic heterocycles. The Kier molecular flexibility index (Phi) is 4.86. The molecular weight excluding hydrogens is 377 g/mol. The molecule has 0 aliphatic heterocycles. The lowest BCUT2D eigenvalue weighted by Crippen LogP contribution is -2.23. The first-order valence-corrected chi connectivity index (χ1v) is 9.99. The molecule has 0 radical (unpaired) electrons. The van der Waals surface area contributed by atoms with Crippen LogP contribution in [0, 0.1) is 5.92 Å². The van der Waals surface area contributed by atoms with Gasteiger partial charge in [0.2, 0.25) is 5.28 Å². The Balaban J connectivity index is 1.60. The van der Waals surface area contributed by atoms with Gasteiger partial charge in [0.15, 0.2) is 5.82 Å². The fraction of sp³-hybridized carbons (Fsp3) is 0.412. The van der Waals surface area contributed by atoms with Gasteiger partial charge in [-0.05, 0) is 53.4 Å². The van der Waals surface area contributed by atoms with E-state index in [9.17, 15) is 0 Å². The van der Waals surface area contributed by atoms with Gasteiger partial charge < -0.3 is 11.1 Å². The number of thiophene rings is 1. The van der Waals surface area contributed by atoms with Gasteiger partial charge in [-0.2, -0.15) is 4.98 Å². The third-order valence-corrected chi connectivity index (χ3v) is 5.88. The summed E-state index contributed by atoms with van der Waals surface area (Å²) in [7, 11) is 0. The predicted octanol–water partition coefficient (Wildman–Crippen LogP) is 4.38. The average molecular weight is 396 g/mol. The first kappa shape index (κ1) is 17.1. The number of aromatic nitrogens is 3. The second-order valence-electron chi connectivity index (χ2n) is 6.56. The van der Waals surface area contributed by atoms with Crippen molar-refractivity contribution in [3.63, 3.8) is 0 Å². The fourth-order valence-electron chi connectivity index (χ4n) is 3.05. The summed E-state index contributed by atoms with van der Waals surface area (Å²) in [6.45, 7) is 0.681. The first-order chi connectivity index (χ1) is 12.1. The van der Waals surface area contributed by atoms with Crippen LogP contribution in [0.4, 0.5) is 5.82 Å². The highest BCUT2D eigenvalue weighted by Gasteiger charge is 2.25. The standard InChI is InChI=1S/C17H19Cl2N5S/c18-15-11(7-12(20)6-10-3-4-10)8-14-16(22-17(19)23-24(14)15)21-9-13-2-1-5-25-13/h1-2,5,8,10,12H,3-4,6-7,9,20H2,(H,21,22,23)/t12-/m0/s1. The zero-order valence-electron chi connectivity index (χ0n) is 13.6. The van der Waals surface area contributed by atoms with Gasteiger partial charge in [0.25, 0.3) is 0 Å². The van der Waals surface area contributed by atoms with Crippen molar-refractivity contribution >= 4 is 45.9 Å². The van der Waals surface area contributed by atoms with Crippen LogP contribution in [0.15, 0.2) is 23.6 Å². The monoisotopic (exact) mass is 395 g/mol. The second-order valence-corrected chi connectivity index (χ2v) is 8.29. The normalized spacial score (nSPS) is 15.6. The summed E-state index contributed by atoms with van der Waals surface area (Å²) < 4.78 is 1.65. The lowest BCUT2D eigenvalue weighted by Gasteiger charge is -2.09. The number of nitrogens with one attached hydrogen (secondary N) is 1. The number of nitrogens with two attached hydrogens (primary N) is 1. The van der Waals surface area contributed by atoms with E-state index >= 15 is 0 Å². The SMILES string of the molecule is N[C@H](Cc1cc2c(NCc3cccs3)nc(Cl)nn2c1Cl)CC1CC1. The van der Waals surface area contributed by atoms with Crippen molar-refractivity contribution in [1.29, 1.82) is 0 Å². The van der Waals surface area contributed by atoms with Crippen LogP contribution in [-0.4, -0.2) is 20.6 Å². The van der Waals surface area contributed by atoms with Gasteiger partial charge in [0, 0.05) is 10.9 Å².